The van der Waals surface area contributed by atoms with E-state index >= 15 is 0 Å². The first kappa shape index (κ1) is 21.1. The Morgan fingerprint density at radius 3 is 2.74 bits per heavy atom. The molecule has 1 aliphatic heterocycles. The standard InChI is InChI=1S/C23H23FN2O4S/c1-15(2)10-26(23(27)16-3-8-20-21(9-16)30-14-29-20)11-18-13-31-22(25-18)12-28-19-6-4-17(24)5-7-19/h3-9,13,15H,10-12,14H2,1-2H3. The number of carbonyl (C=O) groups excluding carboxylic acids is 1. The monoisotopic (exact) mass is 442 g/mol. The molecule has 0 bridgehead atoms. The van der Waals surface area contributed by atoms with Crippen molar-refractivity contribution in [1.29, 1.82) is 0 Å². The lowest BCUT2D eigenvalue weighted by Gasteiger charge is -2.24. The van der Waals surface area contributed by atoms with Crippen LogP contribution in [0.3, 0.4) is 0 Å². The number of amides is 1. The number of hydrogen-bond donors (Lipinski definition) is 0. The van der Waals surface area contributed by atoms with Gasteiger partial charge >= 0.3 is 0 Å². The second kappa shape index (κ2) is 9.34. The third kappa shape index (κ3) is 5.32. The zero-order valence-electron chi connectivity index (χ0n) is 17.3. The Kier molecular flexibility index (Phi) is 6.36. The van der Waals surface area contributed by atoms with E-state index in [1.165, 1.54) is 23.5 Å². The van der Waals surface area contributed by atoms with Crippen molar-refractivity contribution in [3.63, 3.8) is 0 Å². The highest BCUT2D eigenvalue weighted by Crippen LogP contribution is 2.33. The lowest BCUT2D eigenvalue weighted by molar-refractivity contribution is 0.0720. The summed E-state index contributed by atoms with van der Waals surface area (Å²) in [6.07, 6.45) is 0. The largest absolute Gasteiger partial charge is 0.486 e. The summed E-state index contributed by atoms with van der Waals surface area (Å²) >= 11 is 1.47. The van der Waals surface area contributed by atoms with E-state index in [4.69, 9.17) is 14.2 Å². The van der Waals surface area contributed by atoms with Gasteiger partial charge in [-0.25, -0.2) is 9.37 Å². The molecule has 1 amide bonds. The van der Waals surface area contributed by atoms with E-state index in [1.54, 1.807) is 35.2 Å². The van der Waals surface area contributed by atoms with Crippen molar-refractivity contribution in [1.82, 2.24) is 9.88 Å². The third-order valence-electron chi connectivity index (χ3n) is 4.62. The maximum atomic E-state index is 13.2. The lowest BCUT2D eigenvalue weighted by Crippen LogP contribution is -2.33. The van der Waals surface area contributed by atoms with Crippen LogP contribution in [0.5, 0.6) is 17.2 Å². The molecule has 2 aromatic carbocycles. The molecule has 2 heterocycles. The number of carbonyl (C=O) groups is 1. The number of rotatable bonds is 8. The van der Waals surface area contributed by atoms with Crippen molar-refractivity contribution in [2.24, 2.45) is 5.92 Å². The summed E-state index contributed by atoms with van der Waals surface area (Å²) in [4.78, 5) is 19.6. The predicted octanol–water partition coefficient (Wildman–Crippen LogP) is 4.89. The Morgan fingerprint density at radius 2 is 1.97 bits per heavy atom. The fourth-order valence-corrected chi connectivity index (χ4v) is 3.93. The summed E-state index contributed by atoms with van der Waals surface area (Å²) < 4.78 is 29.4. The molecular formula is C23H23FN2O4S. The van der Waals surface area contributed by atoms with Crippen molar-refractivity contribution in [2.75, 3.05) is 13.3 Å². The highest BCUT2D eigenvalue weighted by molar-refractivity contribution is 7.09. The van der Waals surface area contributed by atoms with Gasteiger partial charge in [-0.3, -0.25) is 4.79 Å². The van der Waals surface area contributed by atoms with E-state index in [-0.39, 0.29) is 25.1 Å². The maximum Gasteiger partial charge on any atom is 0.254 e. The van der Waals surface area contributed by atoms with Crippen molar-refractivity contribution in [3.8, 4) is 17.2 Å². The highest BCUT2D eigenvalue weighted by atomic mass is 32.1. The minimum atomic E-state index is -0.304. The lowest BCUT2D eigenvalue weighted by atomic mass is 10.1. The first-order chi connectivity index (χ1) is 15.0. The average molecular weight is 443 g/mol. The van der Waals surface area contributed by atoms with Crippen LogP contribution in [-0.4, -0.2) is 29.1 Å². The quantitative estimate of drug-likeness (QED) is 0.497. The summed E-state index contributed by atoms with van der Waals surface area (Å²) in [6, 6.07) is 11.1. The zero-order chi connectivity index (χ0) is 21.8. The zero-order valence-corrected chi connectivity index (χ0v) is 18.2. The van der Waals surface area contributed by atoms with E-state index in [9.17, 15) is 9.18 Å². The molecule has 1 aliphatic rings. The van der Waals surface area contributed by atoms with Gasteiger partial charge in [0, 0.05) is 17.5 Å². The van der Waals surface area contributed by atoms with Crippen molar-refractivity contribution in [2.45, 2.75) is 27.0 Å². The number of hydrogen-bond acceptors (Lipinski definition) is 6. The van der Waals surface area contributed by atoms with Crippen LogP contribution in [0.4, 0.5) is 4.39 Å². The number of halogens is 1. The minimum absolute atomic E-state index is 0.0795. The van der Waals surface area contributed by atoms with Gasteiger partial charge in [-0.05, 0) is 48.4 Å². The molecule has 0 N–H and O–H groups in total. The molecule has 0 fully saturated rings. The topological polar surface area (TPSA) is 60.9 Å². The Labute approximate surface area is 184 Å². The van der Waals surface area contributed by atoms with E-state index in [2.05, 4.69) is 18.8 Å². The van der Waals surface area contributed by atoms with Crippen LogP contribution >= 0.6 is 11.3 Å². The Morgan fingerprint density at radius 1 is 1.19 bits per heavy atom. The molecule has 0 radical (unpaired) electrons. The number of benzene rings is 2. The van der Waals surface area contributed by atoms with Gasteiger partial charge in [0.1, 0.15) is 23.2 Å². The molecule has 8 heteroatoms. The van der Waals surface area contributed by atoms with Gasteiger partial charge < -0.3 is 19.1 Å². The fraction of sp³-hybridized carbons (Fsp3) is 0.304. The molecule has 1 aromatic heterocycles. The average Bonchev–Trinajstić information content (AvgIpc) is 3.40. The Bertz CT molecular complexity index is 1050. The van der Waals surface area contributed by atoms with Crippen LogP contribution in [0.25, 0.3) is 0 Å². The predicted molar refractivity (Wildman–Crippen MR) is 115 cm³/mol. The molecule has 31 heavy (non-hydrogen) atoms. The summed E-state index contributed by atoms with van der Waals surface area (Å²) in [7, 11) is 0. The second-order valence-corrected chi connectivity index (χ2v) is 8.57. The van der Waals surface area contributed by atoms with Gasteiger partial charge in [-0.15, -0.1) is 11.3 Å². The van der Waals surface area contributed by atoms with Crippen LogP contribution in [0.2, 0.25) is 0 Å². The van der Waals surface area contributed by atoms with Crippen molar-refractivity contribution >= 4 is 17.2 Å². The number of aromatic nitrogens is 1. The molecule has 0 unspecified atom stereocenters. The first-order valence-corrected chi connectivity index (χ1v) is 10.9. The van der Waals surface area contributed by atoms with Crippen LogP contribution in [0.15, 0.2) is 47.8 Å². The Balaban J connectivity index is 1.43. The molecule has 6 nitrogen and oxygen atoms in total. The van der Waals surface area contributed by atoms with Gasteiger partial charge in [-0.1, -0.05) is 13.8 Å². The maximum absolute atomic E-state index is 13.2. The SMILES string of the molecule is CC(C)CN(Cc1csc(COc2ccc(F)cc2)n1)C(=O)c1ccc2c(c1)OCO2. The van der Waals surface area contributed by atoms with Gasteiger partial charge in [0.25, 0.3) is 5.91 Å². The highest BCUT2D eigenvalue weighted by Gasteiger charge is 2.22. The number of fused-ring (bicyclic) bond motifs is 1. The smallest absolute Gasteiger partial charge is 0.254 e. The molecule has 0 saturated heterocycles. The summed E-state index contributed by atoms with van der Waals surface area (Å²) in [6.45, 7) is 5.61. The second-order valence-electron chi connectivity index (χ2n) is 7.62. The van der Waals surface area contributed by atoms with Gasteiger partial charge in [0.15, 0.2) is 11.5 Å². The molecular weight excluding hydrogens is 419 g/mol. The number of nitrogens with zero attached hydrogens (tertiary/aromatic N) is 2. The summed E-state index contributed by atoms with van der Waals surface area (Å²) in [5, 5.41) is 2.73. The minimum Gasteiger partial charge on any atom is -0.486 e. The Hall–Kier alpha value is -3.13. The number of thiazole rings is 1. The molecule has 0 aliphatic carbocycles. The molecule has 162 valence electrons. The van der Waals surface area contributed by atoms with E-state index in [1.807, 2.05) is 5.38 Å². The first-order valence-electron chi connectivity index (χ1n) is 9.98. The number of ether oxygens (including phenoxy) is 3. The van der Waals surface area contributed by atoms with Gasteiger partial charge in [0.2, 0.25) is 6.79 Å². The van der Waals surface area contributed by atoms with Crippen LogP contribution < -0.4 is 14.2 Å². The van der Waals surface area contributed by atoms with Gasteiger partial charge in [-0.2, -0.15) is 0 Å². The molecule has 4 rings (SSSR count). The molecule has 0 atom stereocenters. The van der Waals surface area contributed by atoms with Crippen LogP contribution in [0.1, 0.15) is 34.9 Å². The fourth-order valence-electron chi connectivity index (χ4n) is 3.23. The van der Waals surface area contributed by atoms with Gasteiger partial charge in [0.05, 0.1) is 12.2 Å². The van der Waals surface area contributed by atoms with Crippen molar-refractivity contribution in [3.05, 3.63) is 69.9 Å². The molecule has 0 spiro atoms. The third-order valence-corrected chi connectivity index (χ3v) is 5.49. The van der Waals surface area contributed by atoms with E-state index in [0.29, 0.717) is 41.8 Å². The van der Waals surface area contributed by atoms with Crippen LogP contribution in [0, 0.1) is 11.7 Å². The van der Waals surface area contributed by atoms with E-state index < -0.39 is 0 Å². The normalized spacial score (nSPS) is 12.3. The molecule has 0 saturated carbocycles. The van der Waals surface area contributed by atoms with E-state index in [0.717, 1.165) is 10.7 Å². The van der Waals surface area contributed by atoms with Crippen LogP contribution in [-0.2, 0) is 13.2 Å². The summed E-state index contributed by atoms with van der Waals surface area (Å²) in [5.41, 5.74) is 1.36. The molecule has 3 aromatic rings. The van der Waals surface area contributed by atoms with Crippen molar-refractivity contribution < 1.29 is 23.4 Å². The summed E-state index contributed by atoms with van der Waals surface area (Å²) in [5.74, 6) is 1.74.